The Morgan fingerprint density at radius 3 is 3.05 bits per heavy atom. The third-order valence-corrected chi connectivity index (χ3v) is 3.84. The molecular formula is C14H26N4O. The van der Waals surface area contributed by atoms with E-state index in [1.807, 2.05) is 10.9 Å². The monoisotopic (exact) mass is 266 g/mol. The molecule has 0 aliphatic carbocycles. The van der Waals surface area contributed by atoms with Crippen LogP contribution in [0.1, 0.15) is 26.7 Å². The van der Waals surface area contributed by atoms with Crippen molar-refractivity contribution < 1.29 is 4.74 Å². The van der Waals surface area contributed by atoms with E-state index in [4.69, 9.17) is 4.74 Å². The molecule has 1 fully saturated rings. The predicted octanol–water partition coefficient (Wildman–Crippen LogP) is 1.50. The molecule has 1 aliphatic rings. The van der Waals surface area contributed by atoms with Gasteiger partial charge in [-0.3, -0.25) is 4.68 Å². The second kappa shape index (κ2) is 6.91. The standard InChI is InChI=1S/C14H26N4O/c1-4-15-13-5-6-18(12(2)9-13)14-10-16-17(11-14)7-8-19-3/h10-13,15H,4-9H2,1-3H3. The van der Waals surface area contributed by atoms with Gasteiger partial charge in [0.15, 0.2) is 0 Å². The lowest BCUT2D eigenvalue weighted by molar-refractivity contribution is 0.183. The highest BCUT2D eigenvalue weighted by molar-refractivity contribution is 5.44. The van der Waals surface area contributed by atoms with Crippen LogP contribution in [-0.2, 0) is 11.3 Å². The lowest BCUT2D eigenvalue weighted by Gasteiger charge is -2.38. The van der Waals surface area contributed by atoms with Crippen molar-refractivity contribution in [1.29, 1.82) is 0 Å². The van der Waals surface area contributed by atoms with Crippen molar-refractivity contribution in [2.24, 2.45) is 0 Å². The van der Waals surface area contributed by atoms with Gasteiger partial charge in [0, 0.05) is 31.9 Å². The number of ether oxygens (including phenoxy) is 1. The van der Waals surface area contributed by atoms with Gasteiger partial charge in [0.1, 0.15) is 0 Å². The number of nitrogens with one attached hydrogen (secondary N) is 1. The summed E-state index contributed by atoms with van der Waals surface area (Å²) >= 11 is 0. The molecule has 5 nitrogen and oxygen atoms in total. The summed E-state index contributed by atoms with van der Waals surface area (Å²) in [5, 5.41) is 7.95. The maximum absolute atomic E-state index is 5.08. The Bertz CT molecular complexity index is 379. The number of piperidine rings is 1. The van der Waals surface area contributed by atoms with E-state index in [2.05, 4.69) is 35.4 Å². The molecular weight excluding hydrogens is 240 g/mol. The third-order valence-electron chi connectivity index (χ3n) is 3.84. The molecule has 5 heteroatoms. The number of methoxy groups -OCH3 is 1. The molecule has 0 aromatic carbocycles. The number of hydrogen-bond donors (Lipinski definition) is 1. The van der Waals surface area contributed by atoms with E-state index in [-0.39, 0.29) is 0 Å². The minimum Gasteiger partial charge on any atom is -0.383 e. The van der Waals surface area contributed by atoms with Crippen molar-refractivity contribution in [1.82, 2.24) is 15.1 Å². The largest absolute Gasteiger partial charge is 0.383 e. The summed E-state index contributed by atoms with van der Waals surface area (Å²) in [6.07, 6.45) is 6.52. The van der Waals surface area contributed by atoms with Crippen molar-refractivity contribution in [2.75, 3.05) is 31.7 Å². The van der Waals surface area contributed by atoms with Crippen molar-refractivity contribution in [3.05, 3.63) is 12.4 Å². The molecule has 0 saturated carbocycles. The molecule has 1 aromatic heterocycles. The molecule has 1 N–H and O–H groups in total. The minimum absolute atomic E-state index is 0.567. The van der Waals surface area contributed by atoms with E-state index >= 15 is 0 Å². The Morgan fingerprint density at radius 1 is 1.53 bits per heavy atom. The molecule has 2 unspecified atom stereocenters. The molecule has 0 amide bonds. The number of anilines is 1. The summed E-state index contributed by atoms with van der Waals surface area (Å²) < 4.78 is 7.04. The second-order valence-electron chi connectivity index (χ2n) is 5.28. The highest BCUT2D eigenvalue weighted by atomic mass is 16.5. The van der Waals surface area contributed by atoms with Gasteiger partial charge in [-0.1, -0.05) is 6.92 Å². The van der Waals surface area contributed by atoms with Gasteiger partial charge in [-0.15, -0.1) is 0 Å². The third kappa shape index (κ3) is 3.70. The molecule has 0 spiro atoms. The van der Waals surface area contributed by atoms with Crippen LogP contribution in [-0.4, -0.2) is 48.7 Å². The summed E-state index contributed by atoms with van der Waals surface area (Å²) in [4.78, 5) is 2.46. The fourth-order valence-corrected chi connectivity index (χ4v) is 2.84. The summed E-state index contributed by atoms with van der Waals surface area (Å²) in [6.45, 7) is 8.17. The number of rotatable bonds is 6. The normalized spacial score (nSPS) is 23.8. The van der Waals surface area contributed by atoms with Gasteiger partial charge in [-0.2, -0.15) is 5.10 Å². The maximum atomic E-state index is 5.08. The molecule has 0 bridgehead atoms. The predicted molar refractivity (Wildman–Crippen MR) is 77.6 cm³/mol. The molecule has 108 valence electrons. The fourth-order valence-electron chi connectivity index (χ4n) is 2.84. The zero-order chi connectivity index (χ0) is 13.7. The van der Waals surface area contributed by atoms with Crippen LogP contribution in [0.15, 0.2) is 12.4 Å². The molecule has 1 aromatic rings. The topological polar surface area (TPSA) is 42.3 Å². The fraction of sp³-hybridized carbons (Fsp3) is 0.786. The highest BCUT2D eigenvalue weighted by Crippen LogP contribution is 2.24. The van der Waals surface area contributed by atoms with Gasteiger partial charge in [-0.25, -0.2) is 0 Å². The van der Waals surface area contributed by atoms with Gasteiger partial charge in [-0.05, 0) is 26.3 Å². The number of aromatic nitrogens is 2. The Labute approximate surface area is 115 Å². The van der Waals surface area contributed by atoms with Crippen LogP contribution < -0.4 is 10.2 Å². The Morgan fingerprint density at radius 2 is 2.37 bits per heavy atom. The first-order valence-electron chi connectivity index (χ1n) is 7.26. The first-order chi connectivity index (χ1) is 9.24. The SMILES string of the molecule is CCNC1CCN(c2cnn(CCOC)c2)C(C)C1. The van der Waals surface area contributed by atoms with Crippen LogP contribution >= 0.6 is 0 Å². The van der Waals surface area contributed by atoms with E-state index in [1.165, 1.54) is 18.5 Å². The minimum atomic E-state index is 0.567. The molecule has 2 atom stereocenters. The van der Waals surface area contributed by atoms with Gasteiger partial charge >= 0.3 is 0 Å². The average Bonchev–Trinajstić information content (AvgIpc) is 2.85. The summed E-state index contributed by atoms with van der Waals surface area (Å²) in [7, 11) is 1.72. The van der Waals surface area contributed by atoms with E-state index in [1.54, 1.807) is 7.11 Å². The second-order valence-corrected chi connectivity index (χ2v) is 5.28. The van der Waals surface area contributed by atoms with Crippen molar-refractivity contribution in [2.45, 2.75) is 45.3 Å². The molecule has 19 heavy (non-hydrogen) atoms. The summed E-state index contributed by atoms with van der Waals surface area (Å²) in [6, 6.07) is 1.23. The van der Waals surface area contributed by atoms with Crippen molar-refractivity contribution >= 4 is 5.69 Å². The molecule has 2 heterocycles. The smallest absolute Gasteiger partial charge is 0.0754 e. The Kier molecular flexibility index (Phi) is 5.22. The van der Waals surface area contributed by atoms with Crippen LogP contribution in [0.2, 0.25) is 0 Å². The lowest BCUT2D eigenvalue weighted by Crippen LogP contribution is -2.47. The zero-order valence-electron chi connectivity index (χ0n) is 12.3. The van der Waals surface area contributed by atoms with Crippen LogP contribution in [0.5, 0.6) is 0 Å². The van der Waals surface area contributed by atoms with Gasteiger partial charge < -0.3 is 15.0 Å². The van der Waals surface area contributed by atoms with E-state index in [0.717, 1.165) is 19.6 Å². The van der Waals surface area contributed by atoms with E-state index in [0.29, 0.717) is 18.7 Å². The molecule has 1 aliphatic heterocycles. The summed E-state index contributed by atoms with van der Waals surface area (Å²) in [5.41, 5.74) is 1.23. The maximum Gasteiger partial charge on any atom is 0.0754 e. The van der Waals surface area contributed by atoms with Gasteiger partial charge in [0.05, 0.1) is 25.0 Å². The van der Waals surface area contributed by atoms with Crippen molar-refractivity contribution in [3.8, 4) is 0 Å². The first kappa shape index (κ1) is 14.3. The van der Waals surface area contributed by atoms with Crippen LogP contribution in [0.25, 0.3) is 0 Å². The van der Waals surface area contributed by atoms with E-state index in [9.17, 15) is 0 Å². The molecule has 2 rings (SSSR count). The zero-order valence-corrected chi connectivity index (χ0v) is 12.3. The van der Waals surface area contributed by atoms with Crippen LogP contribution in [0, 0.1) is 0 Å². The van der Waals surface area contributed by atoms with Crippen LogP contribution in [0.4, 0.5) is 5.69 Å². The average molecular weight is 266 g/mol. The lowest BCUT2D eigenvalue weighted by atomic mass is 9.98. The summed E-state index contributed by atoms with van der Waals surface area (Å²) in [5.74, 6) is 0. The van der Waals surface area contributed by atoms with E-state index < -0.39 is 0 Å². The van der Waals surface area contributed by atoms with Crippen LogP contribution in [0.3, 0.4) is 0 Å². The Balaban J connectivity index is 1.93. The van der Waals surface area contributed by atoms with Gasteiger partial charge in [0.2, 0.25) is 0 Å². The Hall–Kier alpha value is -1.07. The highest BCUT2D eigenvalue weighted by Gasteiger charge is 2.25. The number of hydrogen-bond acceptors (Lipinski definition) is 4. The molecule has 0 radical (unpaired) electrons. The number of nitrogens with zero attached hydrogens (tertiary/aromatic N) is 3. The quantitative estimate of drug-likeness (QED) is 0.847. The first-order valence-corrected chi connectivity index (χ1v) is 7.26. The van der Waals surface area contributed by atoms with Gasteiger partial charge in [0.25, 0.3) is 0 Å². The van der Waals surface area contributed by atoms with Crippen molar-refractivity contribution in [3.63, 3.8) is 0 Å². The molecule has 1 saturated heterocycles.